The molecule has 9 nitrogen and oxygen atoms in total. The van der Waals surface area contributed by atoms with Gasteiger partial charge in [0.1, 0.15) is 16.7 Å². The van der Waals surface area contributed by atoms with Gasteiger partial charge in [-0.3, -0.25) is 4.79 Å². The van der Waals surface area contributed by atoms with Gasteiger partial charge in [0.2, 0.25) is 5.95 Å². The van der Waals surface area contributed by atoms with Gasteiger partial charge >= 0.3 is 0 Å². The fourth-order valence-electron chi connectivity index (χ4n) is 4.04. The summed E-state index contributed by atoms with van der Waals surface area (Å²) in [7, 11) is 2.33. The van der Waals surface area contributed by atoms with Gasteiger partial charge in [-0.05, 0) is 38.3 Å². The number of hydrogen-bond donors (Lipinski definition) is 2. The quantitative estimate of drug-likeness (QED) is 0.669. The number of aromatic nitrogens is 2. The van der Waals surface area contributed by atoms with Crippen LogP contribution in [0.25, 0.3) is 0 Å². The summed E-state index contributed by atoms with van der Waals surface area (Å²) in [6.07, 6.45) is 3.11. The van der Waals surface area contributed by atoms with Crippen molar-refractivity contribution in [3.63, 3.8) is 0 Å². The Morgan fingerprint density at radius 1 is 1.24 bits per heavy atom. The van der Waals surface area contributed by atoms with E-state index in [1.54, 1.807) is 18.1 Å². The van der Waals surface area contributed by atoms with Gasteiger partial charge in [-0.2, -0.15) is 4.98 Å². The monoisotopic (exact) mass is 470 g/mol. The molecule has 1 amide bonds. The van der Waals surface area contributed by atoms with Gasteiger partial charge in [0.25, 0.3) is 5.91 Å². The molecule has 2 aromatic rings. The van der Waals surface area contributed by atoms with E-state index in [1.165, 1.54) is 0 Å². The molecule has 33 heavy (non-hydrogen) atoms. The number of piperidine rings is 1. The lowest BCUT2D eigenvalue weighted by Gasteiger charge is -2.28. The number of aliphatic hydroxyl groups excluding tert-OH is 1. The summed E-state index contributed by atoms with van der Waals surface area (Å²) in [4.78, 5) is 26.2. The predicted octanol–water partition coefficient (Wildman–Crippen LogP) is 2.58. The van der Waals surface area contributed by atoms with E-state index < -0.39 is 11.0 Å². The van der Waals surface area contributed by atoms with Crippen LogP contribution < -0.4 is 15.1 Å². The highest BCUT2D eigenvalue weighted by Crippen LogP contribution is 2.38. The van der Waals surface area contributed by atoms with Crippen molar-refractivity contribution in [2.45, 2.75) is 32.3 Å². The zero-order valence-corrected chi connectivity index (χ0v) is 20.1. The number of rotatable bonds is 6. The van der Waals surface area contributed by atoms with Crippen LogP contribution in [0.4, 0.5) is 23.1 Å². The van der Waals surface area contributed by atoms with Crippen LogP contribution >= 0.6 is 0 Å². The molecule has 1 aromatic heterocycles. The van der Waals surface area contributed by atoms with E-state index in [1.807, 2.05) is 41.4 Å². The average Bonchev–Trinajstić information content (AvgIpc) is 2.88. The molecule has 0 bridgehead atoms. The first-order valence-corrected chi connectivity index (χ1v) is 12.1. The van der Waals surface area contributed by atoms with Gasteiger partial charge in [0.15, 0.2) is 5.82 Å². The predicted molar refractivity (Wildman–Crippen MR) is 131 cm³/mol. The molecule has 1 atom stereocenters. The first-order chi connectivity index (χ1) is 15.8. The number of nitrogens with zero attached hydrogens (tertiary/aromatic N) is 5. The largest absolute Gasteiger partial charge is 0.393 e. The number of amides is 1. The Balaban J connectivity index is 1.45. The lowest BCUT2D eigenvalue weighted by molar-refractivity contribution is 0.0994. The molecule has 0 spiro atoms. The van der Waals surface area contributed by atoms with Crippen molar-refractivity contribution in [3.8, 4) is 0 Å². The molecule has 0 aliphatic carbocycles. The minimum atomic E-state index is -1.28. The highest BCUT2D eigenvalue weighted by Gasteiger charge is 2.29. The van der Waals surface area contributed by atoms with E-state index in [2.05, 4.69) is 21.9 Å². The third-order valence-electron chi connectivity index (χ3n) is 6.07. The summed E-state index contributed by atoms with van der Waals surface area (Å²) in [6, 6.07) is 5.79. The third-order valence-corrected chi connectivity index (χ3v) is 7.60. The van der Waals surface area contributed by atoms with Crippen molar-refractivity contribution in [1.29, 1.82) is 0 Å². The summed E-state index contributed by atoms with van der Waals surface area (Å²) < 4.78 is 14.5. The Morgan fingerprint density at radius 2 is 1.97 bits per heavy atom. The standard InChI is InChI=1S/C23H30N6O3S/c1-15-5-6-19-18(13-15)22(31)28(4)20-14-25-23(26-21(20)27(19)3)24-10-7-16(2)33(32)29-11-8-17(30)9-12-29/h5-6,13-14,17,30H,2,7-12H2,1,3-4H3,(H,24,25,26). The third kappa shape index (κ3) is 4.78. The molecule has 10 heteroatoms. The molecule has 1 saturated heterocycles. The van der Waals surface area contributed by atoms with Gasteiger partial charge in [0, 0.05) is 38.6 Å². The van der Waals surface area contributed by atoms with Crippen molar-refractivity contribution in [1.82, 2.24) is 14.3 Å². The summed E-state index contributed by atoms with van der Waals surface area (Å²) >= 11 is 0. The Bertz CT molecular complexity index is 1100. The van der Waals surface area contributed by atoms with E-state index in [0.29, 0.717) is 66.8 Å². The van der Waals surface area contributed by atoms with Gasteiger partial charge in [-0.25, -0.2) is 13.5 Å². The number of aryl methyl sites for hydroxylation is 1. The number of nitrogens with one attached hydrogen (secondary N) is 1. The zero-order chi connectivity index (χ0) is 23.7. The van der Waals surface area contributed by atoms with Crippen LogP contribution in [0.2, 0.25) is 0 Å². The van der Waals surface area contributed by atoms with Crippen molar-refractivity contribution in [2.24, 2.45) is 0 Å². The molecule has 0 radical (unpaired) electrons. The second kappa shape index (κ2) is 9.58. The van der Waals surface area contributed by atoms with Crippen LogP contribution in [0.3, 0.4) is 0 Å². The van der Waals surface area contributed by atoms with Crippen LogP contribution in [-0.4, -0.2) is 69.3 Å². The summed E-state index contributed by atoms with van der Waals surface area (Å²) in [5, 5.41) is 12.8. The number of carbonyl (C=O) groups excluding carboxylic acids is 1. The second-order valence-electron chi connectivity index (χ2n) is 8.47. The van der Waals surface area contributed by atoms with Crippen molar-refractivity contribution in [3.05, 3.63) is 47.0 Å². The lowest BCUT2D eigenvalue weighted by atomic mass is 10.1. The van der Waals surface area contributed by atoms with E-state index in [-0.39, 0.29) is 12.0 Å². The van der Waals surface area contributed by atoms with Crippen LogP contribution in [0.1, 0.15) is 35.2 Å². The van der Waals surface area contributed by atoms with Crippen LogP contribution in [-0.2, 0) is 11.0 Å². The Kier molecular flexibility index (Phi) is 6.78. The van der Waals surface area contributed by atoms with Crippen LogP contribution in [0.5, 0.6) is 0 Å². The Morgan fingerprint density at radius 3 is 2.70 bits per heavy atom. The number of carbonyl (C=O) groups is 1. The second-order valence-corrected chi connectivity index (χ2v) is 10.1. The topological polar surface area (TPSA) is 102 Å². The molecule has 3 heterocycles. The Labute approximate surface area is 196 Å². The van der Waals surface area contributed by atoms with E-state index >= 15 is 0 Å². The maximum absolute atomic E-state index is 13.0. The molecular weight excluding hydrogens is 440 g/mol. The first kappa shape index (κ1) is 23.3. The van der Waals surface area contributed by atoms with Crippen LogP contribution in [0.15, 0.2) is 35.9 Å². The van der Waals surface area contributed by atoms with Crippen molar-refractivity contribution >= 4 is 40.0 Å². The minimum absolute atomic E-state index is 0.104. The number of fused-ring (bicyclic) bond motifs is 2. The molecule has 4 rings (SSSR count). The highest BCUT2D eigenvalue weighted by molar-refractivity contribution is 7.86. The molecule has 0 saturated carbocycles. The minimum Gasteiger partial charge on any atom is -0.393 e. The highest BCUT2D eigenvalue weighted by atomic mass is 32.2. The van der Waals surface area contributed by atoms with Crippen LogP contribution in [0, 0.1) is 6.92 Å². The molecule has 2 N–H and O–H groups in total. The molecule has 1 unspecified atom stereocenters. The summed E-state index contributed by atoms with van der Waals surface area (Å²) in [6.45, 7) is 7.64. The summed E-state index contributed by atoms with van der Waals surface area (Å²) in [5.74, 6) is 0.949. The number of hydrogen-bond acceptors (Lipinski definition) is 7. The summed E-state index contributed by atoms with van der Waals surface area (Å²) in [5.41, 5.74) is 3.05. The van der Waals surface area contributed by atoms with Crippen molar-refractivity contribution in [2.75, 3.05) is 48.8 Å². The fourth-order valence-corrected chi connectivity index (χ4v) is 5.23. The lowest BCUT2D eigenvalue weighted by Crippen LogP contribution is -2.37. The van der Waals surface area contributed by atoms with Gasteiger partial charge < -0.3 is 20.2 Å². The maximum atomic E-state index is 13.0. The van der Waals surface area contributed by atoms with E-state index in [4.69, 9.17) is 0 Å². The molecule has 176 valence electrons. The molecule has 2 aliphatic rings. The zero-order valence-electron chi connectivity index (χ0n) is 19.2. The normalized spacial score (nSPS) is 17.9. The first-order valence-electron chi connectivity index (χ1n) is 11.0. The molecular formula is C23H30N6O3S. The molecule has 2 aliphatic heterocycles. The van der Waals surface area contributed by atoms with Gasteiger partial charge in [-0.15, -0.1) is 0 Å². The van der Waals surface area contributed by atoms with Gasteiger partial charge in [0.05, 0.1) is 23.6 Å². The van der Waals surface area contributed by atoms with E-state index in [9.17, 15) is 14.1 Å². The number of aliphatic hydroxyl groups is 1. The Hall–Kier alpha value is -2.82. The average molecular weight is 471 g/mol. The van der Waals surface area contributed by atoms with Crippen molar-refractivity contribution < 1.29 is 14.1 Å². The molecule has 1 aromatic carbocycles. The molecule has 1 fully saturated rings. The smallest absolute Gasteiger partial charge is 0.260 e. The number of anilines is 4. The number of benzene rings is 1. The van der Waals surface area contributed by atoms with Gasteiger partial charge in [-0.1, -0.05) is 18.2 Å². The SMILES string of the molecule is C=C(CCNc1ncc2c(n1)N(C)c1ccc(C)cc1C(=O)N2C)S(=O)N1CCC(O)CC1. The maximum Gasteiger partial charge on any atom is 0.260 e. The fraction of sp³-hybridized carbons (Fsp3) is 0.435. The van der Waals surface area contributed by atoms with E-state index in [0.717, 1.165) is 11.3 Å².